The summed E-state index contributed by atoms with van der Waals surface area (Å²) in [6.07, 6.45) is 2.31. The lowest BCUT2D eigenvalue weighted by atomic mass is 9.82. The molecule has 0 aromatic heterocycles. The maximum Gasteiger partial charge on any atom is 0.0241 e. The molecule has 2 N–H and O–H groups in total. The van der Waals surface area contributed by atoms with E-state index in [2.05, 4.69) is 56.7 Å². The van der Waals surface area contributed by atoms with E-state index in [0.29, 0.717) is 0 Å². The van der Waals surface area contributed by atoms with E-state index in [-0.39, 0.29) is 11.0 Å². The molecule has 0 amide bonds. The highest BCUT2D eigenvalue weighted by Crippen LogP contribution is 2.28. The summed E-state index contributed by atoms with van der Waals surface area (Å²) in [4.78, 5) is 0. The Hall–Kier alpha value is 0.620. The molecule has 0 saturated carbocycles. The molecule has 0 unspecified atom stereocenters. The molecule has 0 aromatic rings. The Morgan fingerprint density at radius 3 is 2.06 bits per heavy atom. The highest BCUT2D eigenvalue weighted by atomic mass is 32.1. The van der Waals surface area contributed by atoms with Crippen molar-refractivity contribution in [3.8, 4) is 0 Å². The maximum atomic E-state index is 4.47. The lowest BCUT2D eigenvalue weighted by Gasteiger charge is -2.35. The first-order valence-electron chi connectivity index (χ1n) is 6.06. The summed E-state index contributed by atoms with van der Waals surface area (Å²) in [7, 11) is 2.00. The van der Waals surface area contributed by atoms with Gasteiger partial charge in [-0.2, -0.15) is 25.3 Å². The van der Waals surface area contributed by atoms with Gasteiger partial charge in [-0.25, -0.2) is 0 Å². The average Bonchev–Trinajstić information content (AvgIpc) is 2.27. The normalized spacial score (nSPS) is 19.1. The summed E-state index contributed by atoms with van der Waals surface area (Å²) in [6.45, 7) is 8.71. The third-order valence-corrected chi connectivity index (χ3v) is 4.68. The Balaban J connectivity index is 4.26. The summed E-state index contributed by atoms with van der Waals surface area (Å²) in [5, 5.41) is 6.78. The topological polar surface area (TPSA) is 24.1 Å². The van der Waals surface area contributed by atoms with Gasteiger partial charge < -0.3 is 10.6 Å². The van der Waals surface area contributed by atoms with Crippen LogP contribution in [0, 0.1) is 5.41 Å². The van der Waals surface area contributed by atoms with Crippen molar-refractivity contribution in [1.82, 2.24) is 10.6 Å². The van der Waals surface area contributed by atoms with Crippen molar-refractivity contribution in [3.05, 3.63) is 0 Å². The molecule has 0 aliphatic rings. The molecule has 16 heavy (non-hydrogen) atoms. The molecule has 4 heteroatoms. The maximum absolute atomic E-state index is 4.47. The van der Waals surface area contributed by atoms with Crippen molar-refractivity contribution in [2.75, 3.05) is 31.6 Å². The van der Waals surface area contributed by atoms with Crippen LogP contribution in [0.5, 0.6) is 0 Å². The van der Waals surface area contributed by atoms with Gasteiger partial charge in [0.15, 0.2) is 0 Å². The van der Waals surface area contributed by atoms with E-state index in [4.69, 9.17) is 0 Å². The zero-order valence-electron chi connectivity index (χ0n) is 11.1. The zero-order chi connectivity index (χ0) is 12.7. The lowest BCUT2D eigenvalue weighted by Crippen LogP contribution is -2.45. The average molecular weight is 265 g/mol. The van der Waals surface area contributed by atoms with E-state index in [9.17, 15) is 0 Å². The smallest absolute Gasteiger partial charge is 0.0241 e. The molecule has 0 aliphatic carbocycles. The van der Waals surface area contributed by atoms with Crippen LogP contribution in [0.25, 0.3) is 0 Å². The molecule has 2 nitrogen and oxygen atoms in total. The number of hydrogen-bond donors (Lipinski definition) is 4. The van der Waals surface area contributed by atoms with Crippen LogP contribution >= 0.6 is 25.3 Å². The van der Waals surface area contributed by atoms with Gasteiger partial charge in [-0.05, 0) is 44.5 Å². The van der Waals surface area contributed by atoms with Crippen LogP contribution in [0.2, 0.25) is 0 Å². The van der Waals surface area contributed by atoms with Crippen molar-refractivity contribution in [3.63, 3.8) is 0 Å². The number of thiol groups is 2. The van der Waals surface area contributed by atoms with Crippen LogP contribution in [0.4, 0.5) is 0 Å². The van der Waals surface area contributed by atoms with Crippen LogP contribution in [0.15, 0.2) is 0 Å². The van der Waals surface area contributed by atoms with Crippen LogP contribution in [-0.4, -0.2) is 37.2 Å². The molecular formula is C12H28N2S2. The molecule has 98 valence electrons. The molecule has 0 spiro atoms. The van der Waals surface area contributed by atoms with Crippen molar-refractivity contribution in [2.45, 2.75) is 39.2 Å². The van der Waals surface area contributed by atoms with Crippen LogP contribution in [0.1, 0.15) is 33.6 Å². The van der Waals surface area contributed by atoms with Crippen LogP contribution in [-0.2, 0) is 0 Å². The SMILES string of the molecule is CCN[C@@](C)(CS)CC[C@](C)(CS)CNC. The first-order chi connectivity index (χ1) is 7.45. The van der Waals surface area contributed by atoms with Gasteiger partial charge in [-0.3, -0.25) is 0 Å². The third kappa shape index (κ3) is 5.80. The van der Waals surface area contributed by atoms with E-state index in [1.165, 1.54) is 6.42 Å². The minimum absolute atomic E-state index is 0.149. The summed E-state index contributed by atoms with van der Waals surface area (Å²) in [5.74, 6) is 1.80. The fraction of sp³-hybridized carbons (Fsp3) is 1.00. The van der Waals surface area contributed by atoms with Crippen molar-refractivity contribution >= 4 is 25.3 Å². The van der Waals surface area contributed by atoms with Crippen LogP contribution < -0.4 is 10.6 Å². The van der Waals surface area contributed by atoms with Gasteiger partial charge in [0, 0.05) is 17.8 Å². The summed E-state index contributed by atoms with van der Waals surface area (Å²) in [6, 6.07) is 0. The fourth-order valence-electron chi connectivity index (χ4n) is 1.88. The second-order valence-electron chi connectivity index (χ2n) is 5.25. The van der Waals surface area contributed by atoms with Gasteiger partial charge in [-0.15, -0.1) is 0 Å². The number of hydrogen-bond acceptors (Lipinski definition) is 4. The van der Waals surface area contributed by atoms with Crippen LogP contribution in [0.3, 0.4) is 0 Å². The highest BCUT2D eigenvalue weighted by molar-refractivity contribution is 7.80. The summed E-state index contributed by atoms with van der Waals surface area (Å²) >= 11 is 8.92. The second kappa shape index (κ2) is 7.85. The Morgan fingerprint density at radius 2 is 1.69 bits per heavy atom. The quantitative estimate of drug-likeness (QED) is 0.480. The molecule has 0 fully saturated rings. The minimum atomic E-state index is 0.149. The lowest BCUT2D eigenvalue weighted by molar-refractivity contribution is 0.267. The summed E-state index contributed by atoms with van der Waals surface area (Å²) < 4.78 is 0. The largest absolute Gasteiger partial charge is 0.319 e. The molecular weight excluding hydrogens is 236 g/mol. The monoisotopic (exact) mass is 264 g/mol. The Labute approximate surface area is 112 Å². The van der Waals surface area contributed by atoms with Crippen molar-refractivity contribution in [1.29, 1.82) is 0 Å². The predicted octanol–water partition coefficient (Wildman–Crippen LogP) is 2.22. The predicted molar refractivity (Wildman–Crippen MR) is 81.1 cm³/mol. The molecule has 2 atom stereocenters. The first kappa shape index (κ1) is 16.6. The van der Waals surface area contributed by atoms with Gasteiger partial charge in [-0.1, -0.05) is 13.8 Å². The number of nitrogens with one attached hydrogen (secondary N) is 2. The van der Waals surface area contributed by atoms with E-state index in [1.54, 1.807) is 0 Å². The molecule has 0 bridgehead atoms. The van der Waals surface area contributed by atoms with E-state index in [0.717, 1.165) is 31.0 Å². The Kier molecular flexibility index (Phi) is 8.16. The van der Waals surface area contributed by atoms with Gasteiger partial charge in [0.2, 0.25) is 0 Å². The third-order valence-electron chi connectivity index (χ3n) is 3.22. The second-order valence-corrected chi connectivity index (χ2v) is 5.88. The van der Waals surface area contributed by atoms with E-state index >= 15 is 0 Å². The Bertz CT molecular complexity index is 170. The van der Waals surface area contributed by atoms with Gasteiger partial charge >= 0.3 is 0 Å². The fourth-order valence-corrected chi connectivity index (χ4v) is 2.42. The molecule has 0 heterocycles. The molecule has 0 saturated heterocycles. The van der Waals surface area contributed by atoms with E-state index in [1.807, 2.05) is 7.05 Å². The summed E-state index contributed by atoms with van der Waals surface area (Å²) in [5.41, 5.74) is 0.424. The van der Waals surface area contributed by atoms with Gasteiger partial charge in [0.25, 0.3) is 0 Å². The van der Waals surface area contributed by atoms with E-state index < -0.39 is 0 Å². The standard InChI is InChI=1S/C12H28N2S2/c1-5-14-12(3,10-16)7-6-11(2,9-15)8-13-4/h13-16H,5-10H2,1-4H3/t11-,12+/m0/s1. The van der Waals surface area contributed by atoms with Crippen molar-refractivity contribution in [2.24, 2.45) is 5.41 Å². The number of rotatable bonds is 9. The Morgan fingerprint density at radius 1 is 1.06 bits per heavy atom. The van der Waals surface area contributed by atoms with Gasteiger partial charge in [0.05, 0.1) is 0 Å². The van der Waals surface area contributed by atoms with Gasteiger partial charge in [0.1, 0.15) is 0 Å². The minimum Gasteiger partial charge on any atom is -0.319 e. The molecule has 0 rings (SSSR count). The zero-order valence-corrected chi connectivity index (χ0v) is 12.9. The highest BCUT2D eigenvalue weighted by Gasteiger charge is 2.28. The molecule has 0 aromatic carbocycles. The molecule has 0 aliphatic heterocycles. The molecule has 0 radical (unpaired) electrons. The first-order valence-corrected chi connectivity index (χ1v) is 7.33. The van der Waals surface area contributed by atoms with Crippen molar-refractivity contribution < 1.29 is 0 Å².